The van der Waals surface area contributed by atoms with Crippen molar-refractivity contribution in [1.29, 1.82) is 0 Å². The molecule has 44 heavy (non-hydrogen) atoms. The van der Waals surface area contributed by atoms with Crippen molar-refractivity contribution in [2.45, 2.75) is 0 Å². The highest BCUT2D eigenvalue weighted by Crippen LogP contribution is 2.43. The van der Waals surface area contributed by atoms with Gasteiger partial charge in [0.15, 0.2) is 0 Å². The highest BCUT2D eigenvalue weighted by atomic mass is 15.0. The van der Waals surface area contributed by atoms with Crippen molar-refractivity contribution in [1.82, 2.24) is 23.9 Å². The first-order chi connectivity index (χ1) is 21.8. The van der Waals surface area contributed by atoms with Gasteiger partial charge in [0.2, 0.25) is 0 Å². The largest absolute Gasteiger partial charge is 0.314 e. The van der Waals surface area contributed by atoms with E-state index in [0.717, 1.165) is 39.5 Å². The molecule has 6 aromatic heterocycles. The number of aromatic nitrogens is 5. The van der Waals surface area contributed by atoms with Gasteiger partial charge in [-0.2, -0.15) is 0 Å². The van der Waals surface area contributed by atoms with Crippen molar-refractivity contribution in [3.8, 4) is 39.6 Å². The van der Waals surface area contributed by atoms with Crippen LogP contribution in [0.15, 0.2) is 152 Å². The van der Waals surface area contributed by atoms with E-state index in [1.807, 2.05) is 48.8 Å². The van der Waals surface area contributed by atoms with Gasteiger partial charge in [0.25, 0.3) is 0 Å². The van der Waals surface area contributed by atoms with Gasteiger partial charge in [-0.1, -0.05) is 78.9 Å². The maximum atomic E-state index is 5.06. The number of fused-ring (bicyclic) bond motifs is 7. The summed E-state index contributed by atoms with van der Waals surface area (Å²) in [4.78, 5) is 14.4. The van der Waals surface area contributed by atoms with E-state index in [-0.39, 0.29) is 0 Å². The minimum Gasteiger partial charge on any atom is -0.314 e. The van der Waals surface area contributed by atoms with Crippen LogP contribution in [0.3, 0.4) is 0 Å². The summed E-state index contributed by atoms with van der Waals surface area (Å²) < 4.78 is 4.74. The summed E-state index contributed by atoms with van der Waals surface area (Å²) in [5.74, 6) is 0. The number of para-hydroxylation sites is 2. The van der Waals surface area contributed by atoms with Crippen LogP contribution in [-0.2, 0) is 0 Å². The van der Waals surface area contributed by atoms with Crippen molar-refractivity contribution >= 4 is 38.2 Å². The summed E-state index contributed by atoms with van der Waals surface area (Å²) in [7, 11) is 0. The Hall–Kier alpha value is -6.07. The van der Waals surface area contributed by atoms with E-state index >= 15 is 0 Å². The molecule has 0 radical (unpaired) electrons. The molecule has 0 spiro atoms. The molecule has 0 saturated heterocycles. The van der Waals surface area contributed by atoms with Crippen LogP contribution >= 0.6 is 0 Å². The fourth-order valence-corrected chi connectivity index (χ4v) is 6.57. The zero-order valence-corrected chi connectivity index (χ0v) is 23.7. The Balaban J connectivity index is 1.48. The molecule has 0 bridgehead atoms. The lowest BCUT2D eigenvalue weighted by Crippen LogP contribution is -2.00. The average Bonchev–Trinajstić information content (AvgIpc) is 3.62. The SMILES string of the molecule is c1ccc(-c2c3ccccc3n3ccc4c5ccccc5n(-c5cc(-c6ccccn6)nc(-c6ccccn6)c5)c4c23)cc1. The third kappa shape index (κ3) is 3.69. The highest BCUT2D eigenvalue weighted by molar-refractivity contribution is 6.20. The number of pyridine rings is 4. The zero-order valence-electron chi connectivity index (χ0n) is 23.7. The Labute approximate surface area is 253 Å². The van der Waals surface area contributed by atoms with E-state index in [4.69, 9.17) is 4.98 Å². The van der Waals surface area contributed by atoms with Crippen LogP contribution in [0.4, 0.5) is 0 Å². The van der Waals surface area contributed by atoms with Gasteiger partial charge in [0, 0.05) is 40.3 Å². The Morgan fingerprint density at radius 1 is 0.455 bits per heavy atom. The predicted molar refractivity (Wildman–Crippen MR) is 179 cm³/mol. The fourth-order valence-electron chi connectivity index (χ4n) is 6.57. The van der Waals surface area contributed by atoms with Gasteiger partial charge in [0.1, 0.15) is 0 Å². The number of rotatable bonds is 4. The molecule has 5 heteroatoms. The molecule has 0 N–H and O–H groups in total. The highest BCUT2D eigenvalue weighted by Gasteiger charge is 2.22. The van der Waals surface area contributed by atoms with Crippen molar-refractivity contribution in [3.05, 3.63) is 152 Å². The van der Waals surface area contributed by atoms with Crippen molar-refractivity contribution in [3.63, 3.8) is 0 Å². The molecule has 0 saturated carbocycles. The molecule has 9 aromatic rings. The van der Waals surface area contributed by atoms with Crippen LogP contribution in [-0.4, -0.2) is 23.9 Å². The summed E-state index contributed by atoms with van der Waals surface area (Å²) in [6, 6.07) is 46.5. The molecule has 0 unspecified atom stereocenters. The first-order valence-corrected chi connectivity index (χ1v) is 14.7. The second-order valence-electron chi connectivity index (χ2n) is 10.9. The summed E-state index contributed by atoms with van der Waals surface area (Å²) in [5.41, 5.74) is 11.3. The lowest BCUT2D eigenvalue weighted by atomic mass is 10.0. The minimum atomic E-state index is 0.797. The molecular formula is C39H25N5. The smallest absolute Gasteiger partial charge is 0.0915 e. The standard InChI is InChI=1S/C39H25N5/c1-2-12-26(13-3-1)37-30-15-5-6-18-35(30)43-23-20-29-28-14-4-7-19-36(28)44(38(29)39(37)43)27-24-33(31-16-8-10-21-40-31)42-34(25-27)32-17-9-11-22-41-32/h1-25H. The van der Waals surface area contributed by atoms with Gasteiger partial charge in [-0.3, -0.25) is 9.97 Å². The van der Waals surface area contributed by atoms with Crippen LogP contribution in [0.25, 0.3) is 77.8 Å². The topological polar surface area (TPSA) is 48.0 Å². The fraction of sp³-hybridized carbons (Fsp3) is 0. The Bertz CT molecular complexity index is 2420. The second kappa shape index (κ2) is 9.75. The summed E-state index contributed by atoms with van der Waals surface area (Å²) >= 11 is 0. The normalized spacial score (nSPS) is 11.6. The van der Waals surface area contributed by atoms with Gasteiger partial charge in [-0.25, -0.2) is 4.98 Å². The molecule has 0 amide bonds. The summed E-state index contributed by atoms with van der Waals surface area (Å²) in [6.45, 7) is 0. The van der Waals surface area contributed by atoms with Crippen molar-refractivity contribution in [2.75, 3.05) is 0 Å². The average molecular weight is 564 g/mol. The molecule has 5 nitrogen and oxygen atoms in total. The van der Waals surface area contributed by atoms with Gasteiger partial charge >= 0.3 is 0 Å². The van der Waals surface area contributed by atoms with Gasteiger partial charge in [0.05, 0.1) is 50.5 Å². The molecule has 0 aliphatic carbocycles. The van der Waals surface area contributed by atoms with E-state index in [9.17, 15) is 0 Å². The molecule has 6 heterocycles. The first-order valence-electron chi connectivity index (χ1n) is 14.7. The third-order valence-electron chi connectivity index (χ3n) is 8.42. The summed E-state index contributed by atoms with van der Waals surface area (Å²) in [6.07, 6.45) is 5.84. The van der Waals surface area contributed by atoms with Crippen molar-refractivity contribution in [2.24, 2.45) is 0 Å². The molecule has 0 atom stereocenters. The van der Waals surface area contributed by atoms with Crippen LogP contribution in [0.1, 0.15) is 0 Å². The maximum Gasteiger partial charge on any atom is 0.0915 e. The van der Waals surface area contributed by atoms with Crippen LogP contribution in [0.2, 0.25) is 0 Å². The Morgan fingerprint density at radius 3 is 1.75 bits per heavy atom. The molecule has 9 rings (SSSR count). The van der Waals surface area contributed by atoms with E-state index in [1.165, 1.54) is 38.3 Å². The van der Waals surface area contributed by atoms with E-state index in [2.05, 4.69) is 122 Å². The first kappa shape index (κ1) is 24.5. The van der Waals surface area contributed by atoms with Crippen LogP contribution in [0.5, 0.6) is 0 Å². The van der Waals surface area contributed by atoms with Crippen LogP contribution < -0.4 is 0 Å². The molecule has 0 aliphatic heterocycles. The second-order valence-corrected chi connectivity index (χ2v) is 10.9. The zero-order chi connectivity index (χ0) is 29.0. The van der Waals surface area contributed by atoms with Gasteiger partial charge in [-0.15, -0.1) is 0 Å². The number of nitrogens with zero attached hydrogens (tertiary/aromatic N) is 5. The lowest BCUT2D eigenvalue weighted by Gasteiger charge is -2.14. The number of hydrogen-bond acceptors (Lipinski definition) is 3. The van der Waals surface area contributed by atoms with Crippen LogP contribution in [0, 0.1) is 0 Å². The quantitative estimate of drug-likeness (QED) is 0.214. The Kier molecular flexibility index (Phi) is 5.43. The lowest BCUT2D eigenvalue weighted by molar-refractivity contribution is 1.14. The molecule has 0 fully saturated rings. The van der Waals surface area contributed by atoms with Gasteiger partial charge < -0.3 is 8.97 Å². The third-order valence-corrected chi connectivity index (χ3v) is 8.42. The van der Waals surface area contributed by atoms with E-state index in [0.29, 0.717) is 0 Å². The van der Waals surface area contributed by atoms with Gasteiger partial charge in [-0.05, 0) is 60.2 Å². The van der Waals surface area contributed by atoms with E-state index < -0.39 is 0 Å². The predicted octanol–water partition coefficient (Wildman–Crippen LogP) is 9.38. The molecule has 206 valence electrons. The summed E-state index contributed by atoms with van der Waals surface area (Å²) in [5, 5.41) is 3.62. The number of benzene rings is 3. The maximum absolute atomic E-state index is 5.06. The molecule has 3 aromatic carbocycles. The monoisotopic (exact) mass is 563 g/mol. The number of hydrogen-bond donors (Lipinski definition) is 0. The van der Waals surface area contributed by atoms with Crippen molar-refractivity contribution < 1.29 is 0 Å². The van der Waals surface area contributed by atoms with E-state index in [1.54, 1.807) is 0 Å². The minimum absolute atomic E-state index is 0.797. The Morgan fingerprint density at radius 2 is 1.07 bits per heavy atom. The molecular weight excluding hydrogens is 538 g/mol. The molecule has 0 aliphatic rings.